The molecule has 0 aliphatic rings. The minimum absolute atomic E-state index is 0.0293. The molecule has 12 heteroatoms. The summed E-state index contributed by atoms with van der Waals surface area (Å²) >= 11 is 6.59. The number of aryl methyl sites for hydroxylation is 2. The van der Waals surface area contributed by atoms with Gasteiger partial charge in [-0.25, -0.2) is 9.37 Å². The summed E-state index contributed by atoms with van der Waals surface area (Å²) in [6, 6.07) is 13.4. The van der Waals surface area contributed by atoms with Crippen LogP contribution in [0.5, 0.6) is 0 Å². The molecule has 5 aromatic rings. The summed E-state index contributed by atoms with van der Waals surface area (Å²) in [6.45, 7) is 3.84. The predicted molar refractivity (Wildman–Crippen MR) is 167 cm³/mol. The second kappa shape index (κ2) is 12.7. The minimum Gasteiger partial charge on any atom is -0.339 e. The predicted octanol–water partition coefficient (Wildman–Crippen LogP) is 5.00. The van der Waals surface area contributed by atoms with E-state index in [1.807, 2.05) is 26.0 Å². The highest BCUT2D eigenvalue weighted by atomic mass is 35.5. The van der Waals surface area contributed by atoms with Crippen LogP contribution < -0.4 is 16.2 Å². The number of carbonyl (C=O) groups excluding carboxylic acids is 2. The van der Waals surface area contributed by atoms with Crippen molar-refractivity contribution < 1.29 is 14.0 Å². The maximum Gasteiger partial charge on any atom is 0.270 e. The first-order chi connectivity index (χ1) is 21.0. The van der Waals surface area contributed by atoms with Gasteiger partial charge in [0.25, 0.3) is 11.5 Å². The summed E-state index contributed by atoms with van der Waals surface area (Å²) < 4.78 is 19.8. The molecule has 0 aliphatic heterocycles. The highest BCUT2D eigenvalue weighted by Gasteiger charge is 2.25. The molecule has 0 spiro atoms. The molecule has 0 aliphatic carbocycles. The molecule has 2 amide bonds. The summed E-state index contributed by atoms with van der Waals surface area (Å²) in [5, 5.41) is 9.94. The van der Waals surface area contributed by atoms with Gasteiger partial charge in [-0.1, -0.05) is 17.7 Å². The van der Waals surface area contributed by atoms with Crippen molar-refractivity contribution in [2.75, 3.05) is 5.32 Å². The molecular formula is C32H31ClFN7O3. The summed E-state index contributed by atoms with van der Waals surface area (Å²) in [4.78, 5) is 43.1. The zero-order chi connectivity index (χ0) is 31.5. The fourth-order valence-electron chi connectivity index (χ4n) is 4.89. The molecule has 0 fully saturated rings. The molecule has 5 rings (SSSR count). The number of benzene rings is 2. The highest BCUT2D eigenvalue weighted by Crippen LogP contribution is 2.28. The van der Waals surface area contributed by atoms with Crippen LogP contribution in [0.3, 0.4) is 0 Å². The normalized spacial score (nSPS) is 11.9. The van der Waals surface area contributed by atoms with E-state index in [0.29, 0.717) is 21.8 Å². The lowest BCUT2D eigenvalue weighted by Crippen LogP contribution is -2.45. The van der Waals surface area contributed by atoms with Crippen molar-refractivity contribution in [3.05, 3.63) is 112 Å². The number of hydrogen-bond acceptors (Lipinski definition) is 5. The summed E-state index contributed by atoms with van der Waals surface area (Å²) in [5.41, 5.74) is 3.44. The van der Waals surface area contributed by atoms with Gasteiger partial charge in [-0.2, -0.15) is 5.10 Å². The Morgan fingerprint density at radius 2 is 1.80 bits per heavy atom. The van der Waals surface area contributed by atoms with Crippen LogP contribution in [-0.4, -0.2) is 41.8 Å². The van der Waals surface area contributed by atoms with Gasteiger partial charge >= 0.3 is 0 Å². The van der Waals surface area contributed by atoms with E-state index in [2.05, 4.69) is 20.7 Å². The van der Waals surface area contributed by atoms with Gasteiger partial charge in [0, 0.05) is 61.3 Å². The van der Waals surface area contributed by atoms with Gasteiger partial charge in [0.1, 0.15) is 17.6 Å². The first-order valence-corrected chi connectivity index (χ1v) is 14.3. The van der Waals surface area contributed by atoms with Crippen molar-refractivity contribution in [1.82, 2.24) is 29.2 Å². The summed E-state index contributed by atoms with van der Waals surface area (Å²) in [5.74, 6) is -1.62. The number of nitrogens with one attached hydrogen (secondary N) is 2. The van der Waals surface area contributed by atoms with Crippen LogP contribution in [0.4, 0.5) is 10.1 Å². The van der Waals surface area contributed by atoms with Gasteiger partial charge in [-0.3, -0.25) is 19.1 Å². The van der Waals surface area contributed by atoms with Crippen LogP contribution in [0, 0.1) is 5.82 Å². The lowest BCUT2D eigenvalue weighted by molar-refractivity contribution is -0.118. The van der Waals surface area contributed by atoms with Crippen LogP contribution in [-0.2, 0) is 25.3 Å². The Hall–Kier alpha value is -5.03. The number of aromatic nitrogens is 5. The number of nitrogens with zero attached hydrogens (tertiary/aromatic N) is 5. The van der Waals surface area contributed by atoms with Gasteiger partial charge in [-0.05, 0) is 73.0 Å². The summed E-state index contributed by atoms with van der Waals surface area (Å²) in [7, 11) is 3.38. The zero-order valence-corrected chi connectivity index (χ0v) is 25.3. The van der Waals surface area contributed by atoms with E-state index in [4.69, 9.17) is 11.6 Å². The third kappa shape index (κ3) is 6.47. The molecule has 0 unspecified atom stereocenters. The summed E-state index contributed by atoms with van der Waals surface area (Å²) in [6.07, 6.45) is 6.41. The third-order valence-corrected chi connectivity index (χ3v) is 7.67. The highest BCUT2D eigenvalue weighted by molar-refractivity contribution is 6.31. The first kappa shape index (κ1) is 30.4. The topological polar surface area (TPSA) is 116 Å². The van der Waals surface area contributed by atoms with Crippen molar-refractivity contribution >= 4 is 29.1 Å². The average Bonchev–Trinajstić information content (AvgIpc) is 3.61. The molecular weight excluding hydrogens is 585 g/mol. The Morgan fingerprint density at radius 3 is 2.45 bits per heavy atom. The molecule has 0 radical (unpaired) electrons. The van der Waals surface area contributed by atoms with E-state index in [-0.39, 0.29) is 29.4 Å². The minimum atomic E-state index is -1.09. The van der Waals surface area contributed by atoms with Gasteiger partial charge in [0.2, 0.25) is 5.91 Å². The monoisotopic (exact) mass is 615 g/mol. The van der Waals surface area contributed by atoms with Gasteiger partial charge in [0.15, 0.2) is 0 Å². The smallest absolute Gasteiger partial charge is 0.270 e. The van der Waals surface area contributed by atoms with Crippen molar-refractivity contribution in [2.45, 2.75) is 32.4 Å². The third-order valence-electron chi connectivity index (χ3n) is 7.30. The number of halogens is 2. The zero-order valence-electron chi connectivity index (χ0n) is 24.6. The number of rotatable bonds is 9. The number of imidazole rings is 1. The largest absolute Gasteiger partial charge is 0.339 e. The van der Waals surface area contributed by atoms with Crippen LogP contribution in [0.2, 0.25) is 5.02 Å². The van der Waals surface area contributed by atoms with Crippen LogP contribution in [0.15, 0.2) is 84.3 Å². The molecule has 2 aromatic carbocycles. The van der Waals surface area contributed by atoms with Crippen LogP contribution in [0.1, 0.15) is 35.9 Å². The Kier molecular flexibility index (Phi) is 8.77. The quantitative estimate of drug-likeness (QED) is 0.242. The van der Waals surface area contributed by atoms with Gasteiger partial charge < -0.3 is 19.8 Å². The molecule has 44 heavy (non-hydrogen) atoms. The number of amides is 2. The Labute approximate surface area is 258 Å². The Morgan fingerprint density at radius 1 is 1.02 bits per heavy atom. The van der Waals surface area contributed by atoms with Crippen molar-refractivity contribution in [3.63, 3.8) is 0 Å². The molecule has 226 valence electrons. The van der Waals surface area contributed by atoms with Crippen molar-refractivity contribution in [3.8, 4) is 22.4 Å². The molecule has 0 bridgehead atoms. The van der Waals surface area contributed by atoms with Crippen molar-refractivity contribution in [2.24, 2.45) is 14.1 Å². The average molecular weight is 616 g/mol. The van der Waals surface area contributed by atoms with E-state index < -0.39 is 23.7 Å². The molecule has 2 N–H and O–H groups in total. The van der Waals surface area contributed by atoms with Crippen molar-refractivity contribution in [1.29, 1.82) is 0 Å². The maximum atomic E-state index is 15.1. The van der Waals surface area contributed by atoms with E-state index in [9.17, 15) is 14.4 Å². The number of carbonyl (C=O) groups is 2. The van der Waals surface area contributed by atoms with E-state index in [1.54, 1.807) is 66.2 Å². The molecule has 1 atom stereocenters. The van der Waals surface area contributed by atoms with Crippen LogP contribution in [0.25, 0.3) is 22.4 Å². The SMILES string of the molecule is CC(C)n1cc(-c2ccc(Cl)c(C[C@H](NC(=O)c3ccnn3C)C(=O)Nc3ccc(-c4cncn4C)c(F)c3)c2)ccc1=O. The van der Waals surface area contributed by atoms with Crippen LogP contribution >= 0.6 is 11.6 Å². The second-order valence-electron chi connectivity index (χ2n) is 10.7. The molecule has 0 saturated heterocycles. The number of hydrogen-bond donors (Lipinski definition) is 2. The number of anilines is 1. The fraction of sp³-hybridized carbons (Fsp3) is 0.219. The van der Waals surface area contributed by atoms with E-state index in [1.165, 1.54) is 29.1 Å². The first-order valence-electron chi connectivity index (χ1n) is 13.9. The van der Waals surface area contributed by atoms with E-state index in [0.717, 1.165) is 11.1 Å². The standard InChI is InChI=1S/C32H31ClFN7O3/c1-19(2)41-17-21(6-10-30(41)42)20-5-9-25(33)22(13-20)14-27(38-32(44)28-11-12-36-40(28)4)31(43)37-23-7-8-24(26(34)15-23)29-16-35-18-39(29)3/h5-13,15-19,27H,14H2,1-4H3,(H,37,43)(H,38,44)/t27-/m0/s1. The van der Waals surface area contributed by atoms with Gasteiger partial charge in [0.05, 0.1) is 18.2 Å². The Balaban J connectivity index is 1.45. The maximum absolute atomic E-state index is 15.1. The number of pyridine rings is 1. The molecule has 0 saturated carbocycles. The van der Waals surface area contributed by atoms with E-state index >= 15 is 4.39 Å². The lowest BCUT2D eigenvalue weighted by Gasteiger charge is -2.20. The molecule has 10 nitrogen and oxygen atoms in total. The fourth-order valence-corrected chi connectivity index (χ4v) is 5.09. The Bertz CT molecular complexity index is 1910. The molecule has 3 aromatic heterocycles. The van der Waals surface area contributed by atoms with Gasteiger partial charge in [-0.15, -0.1) is 0 Å². The second-order valence-corrected chi connectivity index (χ2v) is 11.1. The lowest BCUT2D eigenvalue weighted by atomic mass is 9.99. The molecule has 3 heterocycles.